The van der Waals surface area contributed by atoms with Crippen LogP contribution in [-0.4, -0.2) is 28.2 Å². The van der Waals surface area contributed by atoms with Crippen LogP contribution in [0.2, 0.25) is 0 Å². The van der Waals surface area contributed by atoms with Gasteiger partial charge in [0, 0.05) is 36.6 Å². The van der Waals surface area contributed by atoms with E-state index in [0.717, 1.165) is 25.6 Å². The molecule has 0 bridgehead atoms. The summed E-state index contributed by atoms with van der Waals surface area (Å²) < 4.78 is 7.56. The Morgan fingerprint density at radius 2 is 2.05 bits per heavy atom. The third-order valence-electron chi connectivity index (χ3n) is 3.95. The summed E-state index contributed by atoms with van der Waals surface area (Å²) in [6.07, 6.45) is 1.74. The Morgan fingerprint density at radius 1 is 1.14 bits per heavy atom. The molecule has 2 aromatic heterocycles. The molecule has 0 atom stereocenters. The number of methoxy groups -OCH3 is 1. The molecule has 0 amide bonds. The fraction of sp³-hybridized carbons (Fsp3) is 0.250. The maximum atomic E-state index is 5.18. The van der Waals surface area contributed by atoms with E-state index in [2.05, 4.69) is 49.8 Å². The predicted molar refractivity (Wildman–Crippen MR) is 81.6 cm³/mol. The van der Waals surface area contributed by atoms with Gasteiger partial charge in [-0.3, -0.25) is 0 Å². The Labute approximate surface area is 122 Å². The van der Waals surface area contributed by atoms with E-state index >= 15 is 0 Å². The van der Waals surface area contributed by atoms with Crippen molar-refractivity contribution in [2.45, 2.75) is 13.1 Å². The topological polar surface area (TPSA) is 43.2 Å². The van der Waals surface area contributed by atoms with Gasteiger partial charge >= 0.3 is 0 Å². The van der Waals surface area contributed by atoms with Crippen molar-refractivity contribution in [1.82, 2.24) is 14.5 Å². The molecule has 21 heavy (non-hydrogen) atoms. The molecular formula is C16H16N4O. The largest absolute Gasteiger partial charge is 0.481 e. The summed E-state index contributed by atoms with van der Waals surface area (Å²) in [7, 11) is 1.63. The second-order valence-electron chi connectivity index (χ2n) is 5.17. The molecule has 106 valence electrons. The van der Waals surface area contributed by atoms with Crippen LogP contribution in [0.5, 0.6) is 5.88 Å². The maximum Gasteiger partial charge on any atom is 0.229 e. The Morgan fingerprint density at radius 3 is 2.95 bits per heavy atom. The zero-order valence-corrected chi connectivity index (χ0v) is 11.9. The predicted octanol–water partition coefficient (Wildman–Crippen LogP) is 2.46. The lowest BCUT2D eigenvalue weighted by Crippen LogP contribution is -2.34. The molecular weight excluding hydrogens is 264 g/mol. The second-order valence-corrected chi connectivity index (χ2v) is 5.17. The van der Waals surface area contributed by atoms with Crippen LogP contribution in [0.25, 0.3) is 10.9 Å². The minimum atomic E-state index is 0.603. The minimum absolute atomic E-state index is 0.603. The first-order valence-corrected chi connectivity index (χ1v) is 7.04. The van der Waals surface area contributed by atoms with Crippen molar-refractivity contribution in [1.29, 1.82) is 0 Å². The number of aromatic nitrogens is 3. The third-order valence-corrected chi connectivity index (χ3v) is 3.95. The Bertz CT molecular complexity index is 796. The van der Waals surface area contributed by atoms with Crippen molar-refractivity contribution < 1.29 is 4.74 Å². The van der Waals surface area contributed by atoms with Crippen molar-refractivity contribution in [3.8, 4) is 5.88 Å². The van der Waals surface area contributed by atoms with Crippen molar-refractivity contribution in [3.63, 3.8) is 0 Å². The number of anilines is 1. The molecule has 1 aliphatic heterocycles. The Balaban J connectivity index is 1.70. The van der Waals surface area contributed by atoms with Gasteiger partial charge in [0.2, 0.25) is 11.8 Å². The smallest absolute Gasteiger partial charge is 0.229 e. The standard InChI is InChI=1S/C16H16N4O/c1-21-15-6-7-17-16(18-15)19-8-9-20-13(11-19)10-12-4-2-3-5-14(12)20/h2-7,10H,8-9,11H2,1H3. The normalized spacial score (nSPS) is 14.2. The van der Waals surface area contributed by atoms with Crippen LogP contribution in [-0.2, 0) is 13.1 Å². The van der Waals surface area contributed by atoms with Crippen LogP contribution >= 0.6 is 0 Å². The molecule has 5 heteroatoms. The minimum Gasteiger partial charge on any atom is -0.481 e. The summed E-state index contributed by atoms with van der Waals surface area (Å²) in [5.74, 6) is 1.33. The molecule has 3 heterocycles. The molecule has 5 nitrogen and oxygen atoms in total. The summed E-state index contributed by atoms with van der Waals surface area (Å²) in [6, 6.07) is 12.5. The lowest BCUT2D eigenvalue weighted by atomic mass is 10.2. The van der Waals surface area contributed by atoms with Crippen molar-refractivity contribution in [2.24, 2.45) is 0 Å². The summed E-state index contributed by atoms with van der Waals surface area (Å²) in [4.78, 5) is 11.0. The molecule has 1 aromatic carbocycles. The number of nitrogens with zero attached hydrogens (tertiary/aromatic N) is 4. The quantitative estimate of drug-likeness (QED) is 0.723. The van der Waals surface area contributed by atoms with E-state index in [0.29, 0.717) is 5.88 Å². The van der Waals surface area contributed by atoms with Crippen molar-refractivity contribution in [2.75, 3.05) is 18.6 Å². The van der Waals surface area contributed by atoms with Gasteiger partial charge in [0.05, 0.1) is 13.7 Å². The molecule has 0 unspecified atom stereocenters. The van der Waals surface area contributed by atoms with Gasteiger partial charge in [-0.05, 0) is 17.5 Å². The van der Waals surface area contributed by atoms with E-state index in [-0.39, 0.29) is 0 Å². The van der Waals surface area contributed by atoms with Gasteiger partial charge in [0.15, 0.2) is 0 Å². The van der Waals surface area contributed by atoms with Crippen molar-refractivity contribution in [3.05, 3.63) is 48.3 Å². The molecule has 0 aliphatic carbocycles. The van der Waals surface area contributed by atoms with Crippen LogP contribution in [0.4, 0.5) is 5.95 Å². The van der Waals surface area contributed by atoms with Crippen LogP contribution in [0.3, 0.4) is 0 Å². The number of benzene rings is 1. The van der Waals surface area contributed by atoms with Crippen LogP contribution in [0.1, 0.15) is 5.69 Å². The van der Waals surface area contributed by atoms with Gasteiger partial charge < -0.3 is 14.2 Å². The number of para-hydroxylation sites is 1. The Hall–Kier alpha value is -2.56. The van der Waals surface area contributed by atoms with E-state index in [1.807, 2.05) is 0 Å². The molecule has 0 N–H and O–H groups in total. The second kappa shape index (κ2) is 4.77. The monoisotopic (exact) mass is 280 g/mol. The Kier molecular flexibility index (Phi) is 2.77. The molecule has 1 aliphatic rings. The van der Waals surface area contributed by atoms with Gasteiger partial charge in [-0.25, -0.2) is 4.98 Å². The molecule has 3 aromatic rings. The third kappa shape index (κ3) is 2.01. The number of ether oxygens (including phenoxy) is 1. The fourth-order valence-corrected chi connectivity index (χ4v) is 2.93. The zero-order valence-electron chi connectivity index (χ0n) is 11.9. The number of hydrogen-bond acceptors (Lipinski definition) is 4. The number of rotatable bonds is 2. The molecule has 0 saturated heterocycles. The van der Waals surface area contributed by atoms with Gasteiger partial charge in [-0.2, -0.15) is 4.98 Å². The average molecular weight is 280 g/mol. The maximum absolute atomic E-state index is 5.18. The molecule has 0 radical (unpaired) electrons. The van der Waals surface area contributed by atoms with Crippen LogP contribution in [0, 0.1) is 0 Å². The van der Waals surface area contributed by atoms with Crippen LogP contribution in [0.15, 0.2) is 42.6 Å². The first kappa shape index (κ1) is 12.2. The molecule has 4 rings (SSSR count). The highest BCUT2D eigenvalue weighted by Gasteiger charge is 2.20. The fourth-order valence-electron chi connectivity index (χ4n) is 2.93. The number of hydrogen-bond donors (Lipinski definition) is 0. The average Bonchev–Trinajstić information content (AvgIpc) is 2.92. The lowest BCUT2D eigenvalue weighted by Gasteiger charge is -2.29. The van der Waals surface area contributed by atoms with E-state index in [1.54, 1.807) is 19.4 Å². The van der Waals surface area contributed by atoms with Gasteiger partial charge in [-0.15, -0.1) is 0 Å². The van der Waals surface area contributed by atoms with E-state index in [4.69, 9.17) is 4.74 Å². The highest BCUT2D eigenvalue weighted by Crippen LogP contribution is 2.25. The zero-order chi connectivity index (χ0) is 14.2. The summed E-state index contributed by atoms with van der Waals surface area (Å²) in [6.45, 7) is 2.67. The summed E-state index contributed by atoms with van der Waals surface area (Å²) in [5, 5.41) is 1.29. The van der Waals surface area contributed by atoms with Gasteiger partial charge in [0.1, 0.15) is 0 Å². The summed E-state index contributed by atoms with van der Waals surface area (Å²) in [5.41, 5.74) is 2.60. The van der Waals surface area contributed by atoms with Crippen LogP contribution < -0.4 is 9.64 Å². The lowest BCUT2D eigenvalue weighted by molar-refractivity contribution is 0.396. The van der Waals surface area contributed by atoms with Gasteiger partial charge in [-0.1, -0.05) is 18.2 Å². The van der Waals surface area contributed by atoms with E-state index in [1.165, 1.54) is 16.6 Å². The number of fused-ring (bicyclic) bond motifs is 3. The van der Waals surface area contributed by atoms with E-state index in [9.17, 15) is 0 Å². The van der Waals surface area contributed by atoms with Gasteiger partial charge in [0.25, 0.3) is 0 Å². The van der Waals surface area contributed by atoms with E-state index < -0.39 is 0 Å². The highest BCUT2D eigenvalue weighted by atomic mass is 16.5. The molecule has 0 fully saturated rings. The first-order chi connectivity index (χ1) is 10.3. The highest BCUT2D eigenvalue weighted by molar-refractivity contribution is 5.81. The summed E-state index contributed by atoms with van der Waals surface area (Å²) >= 11 is 0. The molecule has 0 saturated carbocycles. The first-order valence-electron chi connectivity index (χ1n) is 7.04. The van der Waals surface area contributed by atoms with Crippen molar-refractivity contribution >= 4 is 16.9 Å². The molecule has 0 spiro atoms. The SMILES string of the molecule is COc1ccnc(N2CCn3c(cc4ccccc43)C2)n1.